The Morgan fingerprint density at radius 3 is 2.68 bits per heavy atom. The number of hydrogen-bond acceptors (Lipinski definition) is 4. The first kappa shape index (κ1) is 18.4. The van der Waals surface area contributed by atoms with Crippen LogP contribution < -0.4 is 4.90 Å². The first-order chi connectivity index (χ1) is 13.5. The molecule has 0 saturated heterocycles. The molecule has 0 fully saturated rings. The van der Waals surface area contributed by atoms with E-state index in [0.29, 0.717) is 6.54 Å². The number of carbonyl (C=O) groups excluding carboxylic acids is 1. The van der Waals surface area contributed by atoms with Crippen LogP contribution in [0, 0.1) is 13.8 Å². The zero-order chi connectivity index (χ0) is 19.7. The lowest BCUT2D eigenvalue weighted by atomic mass is 10.1. The summed E-state index contributed by atoms with van der Waals surface area (Å²) in [6.45, 7) is 6.49. The SMILES string of the molecule is Cc1cc(C)c2nc(N(Cc3ccccc3)C(=O)C(C)n3cccn3)sc2c1. The minimum absolute atomic E-state index is 0.0269. The molecular formula is C22H22N4OS. The van der Waals surface area contributed by atoms with Crippen LogP contribution in [0.1, 0.15) is 29.7 Å². The van der Waals surface area contributed by atoms with Gasteiger partial charge in [0.2, 0.25) is 0 Å². The molecule has 0 aliphatic carbocycles. The lowest BCUT2D eigenvalue weighted by Gasteiger charge is -2.23. The number of amides is 1. The highest BCUT2D eigenvalue weighted by Gasteiger charge is 2.26. The van der Waals surface area contributed by atoms with E-state index in [0.717, 1.165) is 26.5 Å². The minimum Gasteiger partial charge on any atom is -0.282 e. The summed E-state index contributed by atoms with van der Waals surface area (Å²) in [6.07, 6.45) is 3.50. The molecule has 0 radical (unpaired) electrons. The molecule has 28 heavy (non-hydrogen) atoms. The second-order valence-corrected chi connectivity index (χ2v) is 8.01. The first-order valence-electron chi connectivity index (χ1n) is 9.25. The molecule has 0 N–H and O–H groups in total. The largest absolute Gasteiger partial charge is 0.282 e. The average molecular weight is 391 g/mol. The van der Waals surface area contributed by atoms with E-state index in [2.05, 4.69) is 31.1 Å². The second kappa shape index (κ2) is 7.56. The molecule has 0 saturated carbocycles. The van der Waals surface area contributed by atoms with Gasteiger partial charge >= 0.3 is 0 Å². The topological polar surface area (TPSA) is 51.0 Å². The quantitative estimate of drug-likeness (QED) is 0.487. The summed E-state index contributed by atoms with van der Waals surface area (Å²) >= 11 is 1.56. The molecule has 142 valence electrons. The predicted octanol–water partition coefficient (Wildman–Crippen LogP) is 4.90. The molecule has 2 heterocycles. The number of anilines is 1. The van der Waals surface area contributed by atoms with Gasteiger partial charge in [-0.1, -0.05) is 47.7 Å². The summed E-state index contributed by atoms with van der Waals surface area (Å²) in [7, 11) is 0. The number of nitrogens with zero attached hydrogens (tertiary/aromatic N) is 4. The lowest BCUT2D eigenvalue weighted by molar-refractivity contribution is -0.121. The minimum atomic E-state index is -0.409. The van der Waals surface area contributed by atoms with Crippen LogP contribution in [0.2, 0.25) is 0 Å². The van der Waals surface area contributed by atoms with Crippen molar-refractivity contribution in [3.8, 4) is 0 Å². The predicted molar refractivity (Wildman–Crippen MR) is 114 cm³/mol. The van der Waals surface area contributed by atoms with Crippen molar-refractivity contribution in [1.29, 1.82) is 0 Å². The monoisotopic (exact) mass is 390 g/mol. The third-order valence-electron chi connectivity index (χ3n) is 4.78. The van der Waals surface area contributed by atoms with Crippen molar-refractivity contribution in [3.05, 3.63) is 77.6 Å². The molecule has 1 amide bonds. The molecule has 0 bridgehead atoms. The average Bonchev–Trinajstić information content (AvgIpc) is 3.36. The van der Waals surface area contributed by atoms with E-state index in [1.54, 1.807) is 27.1 Å². The van der Waals surface area contributed by atoms with Crippen molar-refractivity contribution in [2.75, 3.05) is 4.90 Å². The Morgan fingerprint density at radius 1 is 1.18 bits per heavy atom. The van der Waals surface area contributed by atoms with E-state index in [-0.39, 0.29) is 5.91 Å². The molecule has 0 aliphatic heterocycles. The van der Waals surface area contributed by atoms with E-state index in [9.17, 15) is 4.79 Å². The fraction of sp³-hybridized carbons (Fsp3) is 0.227. The number of rotatable bonds is 5. The fourth-order valence-electron chi connectivity index (χ4n) is 3.33. The zero-order valence-corrected chi connectivity index (χ0v) is 17.0. The van der Waals surface area contributed by atoms with E-state index < -0.39 is 6.04 Å². The van der Waals surface area contributed by atoms with Gasteiger partial charge in [0.15, 0.2) is 5.13 Å². The van der Waals surface area contributed by atoms with Crippen LogP contribution in [-0.4, -0.2) is 20.7 Å². The van der Waals surface area contributed by atoms with Gasteiger partial charge in [-0.3, -0.25) is 14.4 Å². The Morgan fingerprint density at radius 2 is 1.96 bits per heavy atom. The summed E-state index contributed by atoms with van der Waals surface area (Å²) in [5.74, 6) is -0.0269. The van der Waals surface area contributed by atoms with Gasteiger partial charge in [-0.15, -0.1) is 0 Å². The number of fused-ring (bicyclic) bond motifs is 1. The van der Waals surface area contributed by atoms with Crippen molar-refractivity contribution >= 4 is 32.6 Å². The Balaban J connectivity index is 1.76. The normalized spacial score (nSPS) is 12.2. The first-order valence-corrected chi connectivity index (χ1v) is 10.1. The van der Waals surface area contributed by atoms with E-state index in [1.807, 2.05) is 49.5 Å². The van der Waals surface area contributed by atoms with Crippen molar-refractivity contribution in [1.82, 2.24) is 14.8 Å². The molecule has 2 aromatic carbocycles. The zero-order valence-electron chi connectivity index (χ0n) is 16.2. The maximum Gasteiger partial charge on any atom is 0.253 e. The number of thiazole rings is 1. The third-order valence-corrected chi connectivity index (χ3v) is 5.80. The van der Waals surface area contributed by atoms with Gasteiger partial charge in [0.25, 0.3) is 5.91 Å². The van der Waals surface area contributed by atoms with Gasteiger partial charge in [0, 0.05) is 12.4 Å². The standard InChI is InChI=1S/C22H22N4OS/c1-15-12-16(2)20-19(13-15)28-22(24-20)25(14-18-8-5-4-6-9-18)21(27)17(3)26-11-7-10-23-26/h4-13,17H,14H2,1-3H3. The highest BCUT2D eigenvalue weighted by atomic mass is 32.1. The van der Waals surface area contributed by atoms with Gasteiger partial charge in [-0.2, -0.15) is 5.10 Å². The summed E-state index contributed by atoms with van der Waals surface area (Å²) in [5, 5.41) is 4.96. The van der Waals surface area contributed by atoms with Crippen LogP contribution in [0.15, 0.2) is 60.9 Å². The highest BCUT2D eigenvalue weighted by Crippen LogP contribution is 2.33. The molecule has 4 aromatic rings. The smallest absolute Gasteiger partial charge is 0.253 e. The fourth-order valence-corrected chi connectivity index (χ4v) is 4.48. The van der Waals surface area contributed by atoms with Gasteiger partial charge in [-0.05, 0) is 49.6 Å². The van der Waals surface area contributed by atoms with Crippen molar-refractivity contribution in [2.24, 2.45) is 0 Å². The Kier molecular flexibility index (Phi) is 4.96. The van der Waals surface area contributed by atoms with Crippen LogP contribution in [0.3, 0.4) is 0 Å². The molecule has 6 heteroatoms. The molecule has 0 aliphatic rings. The number of hydrogen-bond donors (Lipinski definition) is 0. The molecule has 2 aromatic heterocycles. The van der Waals surface area contributed by atoms with Gasteiger partial charge in [0.05, 0.1) is 16.8 Å². The number of benzene rings is 2. The van der Waals surface area contributed by atoms with Crippen molar-refractivity contribution in [2.45, 2.75) is 33.4 Å². The molecule has 5 nitrogen and oxygen atoms in total. The van der Waals surface area contributed by atoms with Crippen LogP contribution in [0.25, 0.3) is 10.2 Å². The summed E-state index contributed by atoms with van der Waals surface area (Å²) < 4.78 is 2.79. The van der Waals surface area contributed by atoms with E-state index in [1.165, 1.54) is 5.56 Å². The van der Waals surface area contributed by atoms with Crippen molar-refractivity contribution in [3.63, 3.8) is 0 Å². The van der Waals surface area contributed by atoms with Gasteiger partial charge < -0.3 is 0 Å². The number of aromatic nitrogens is 3. The van der Waals surface area contributed by atoms with E-state index in [4.69, 9.17) is 4.98 Å². The molecule has 0 spiro atoms. The molecule has 1 unspecified atom stereocenters. The van der Waals surface area contributed by atoms with Crippen LogP contribution >= 0.6 is 11.3 Å². The summed E-state index contributed by atoms with van der Waals surface area (Å²) in [5.41, 5.74) is 4.36. The van der Waals surface area contributed by atoms with Crippen molar-refractivity contribution < 1.29 is 4.79 Å². The summed E-state index contributed by atoms with van der Waals surface area (Å²) in [6, 6.07) is 15.7. The third kappa shape index (κ3) is 3.55. The molecular weight excluding hydrogens is 368 g/mol. The van der Waals surface area contributed by atoms with Gasteiger partial charge in [0.1, 0.15) is 6.04 Å². The molecule has 1 atom stereocenters. The Bertz CT molecular complexity index is 1100. The number of carbonyl (C=O) groups is 1. The maximum atomic E-state index is 13.4. The Hall–Kier alpha value is -2.99. The second-order valence-electron chi connectivity index (χ2n) is 7.00. The Labute approximate surface area is 168 Å². The van der Waals surface area contributed by atoms with Gasteiger partial charge in [-0.25, -0.2) is 4.98 Å². The van der Waals surface area contributed by atoms with Crippen LogP contribution in [0.4, 0.5) is 5.13 Å². The number of aryl methyl sites for hydroxylation is 2. The molecule has 4 rings (SSSR count). The lowest BCUT2D eigenvalue weighted by Crippen LogP contribution is -2.36. The highest BCUT2D eigenvalue weighted by molar-refractivity contribution is 7.22. The summed E-state index contributed by atoms with van der Waals surface area (Å²) in [4.78, 5) is 20.0. The maximum absolute atomic E-state index is 13.4. The van der Waals surface area contributed by atoms with E-state index >= 15 is 0 Å². The van der Waals surface area contributed by atoms with Crippen LogP contribution in [-0.2, 0) is 11.3 Å². The van der Waals surface area contributed by atoms with Crippen LogP contribution in [0.5, 0.6) is 0 Å².